The van der Waals surface area contributed by atoms with Crippen LogP contribution < -0.4 is 15.9 Å². The number of rotatable bonds is 14. The van der Waals surface area contributed by atoms with Crippen LogP contribution in [0.25, 0.3) is 0 Å². The molecule has 0 aromatic heterocycles. The zero-order chi connectivity index (χ0) is 59.6. The van der Waals surface area contributed by atoms with E-state index >= 15 is 0 Å². The predicted molar refractivity (Wildman–Crippen MR) is 372 cm³/mol. The van der Waals surface area contributed by atoms with Crippen LogP contribution in [0.3, 0.4) is 0 Å². The number of anilines is 5. The number of nitrogens with two attached hydrogens (primary N) is 1. The molecule has 7 nitrogen and oxygen atoms in total. The summed E-state index contributed by atoms with van der Waals surface area (Å²) in [5, 5.41) is 13.8. The van der Waals surface area contributed by atoms with Crippen molar-refractivity contribution < 1.29 is 5.02 Å². The molecule has 86 heavy (non-hydrogen) atoms. The van der Waals surface area contributed by atoms with Gasteiger partial charge in [0.15, 0.2) is 0 Å². The second kappa shape index (κ2) is 32.2. The molecule has 12 aromatic carbocycles. The first-order chi connectivity index (χ1) is 42.2. The lowest BCUT2D eigenvalue weighted by molar-refractivity contribution is 0.578. The molecule has 0 bridgehead atoms. The molecule has 0 aliphatic carbocycles. The van der Waals surface area contributed by atoms with Crippen LogP contribution in [-0.4, -0.2) is 29.2 Å². The van der Waals surface area contributed by atoms with Gasteiger partial charge in [0.05, 0.1) is 34.2 Å². The molecule has 12 aromatic rings. The number of nitrogens with zero attached hydrogens (tertiary/aromatic N) is 4. The molecule has 12 rings (SSSR count). The van der Waals surface area contributed by atoms with Gasteiger partial charge in [0.1, 0.15) is 0 Å². The van der Waals surface area contributed by atoms with Crippen LogP contribution in [0.4, 0.5) is 45.5 Å². The summed E-state index contributed by atoms with van der Waals surface area (Å²) in [6, 6.07) is 113. The van der Waals surface area contributed by atoms with Crippen molar-refractivity contribution in [2.45, 2.75) is 6.82 Å². The minimum absolute atomic E-state index is 0.667. The fourth-order valence-corrected chi connectivity index (χ4v) is 9.53. The monoisotopic (exact) mass is 1240 g/mol. The Balaban J connectivity index is 0.000000147. The maximum absolute atomic E-state index is 10.4. The van der Waals surface area contributed by atoms with Gasteiger partial charge in [-0.05, 0) is 128 Å². The minimum atomic E-state index is -0.667. The van der Waals surface area contributed by atoms with E-state index in [1.165, 1.54) is 0 Å². The second-order valence-electron chi connectivity index (χ2n) is 19.5. The van der Waals surface area contributed by atoms with Gasteiger partial charge in [0.2, 0.25) is 0 Å². The van der Waals surface area contributed by atoms with Gasteiger partial charge in [-0.25, -0.2) is 15.0 Å². The van der Waals surface area contributed by atoms with E-state index in [1.807, 2.05) is 247 Å². The first-order valence-corrected chi connectivity index (χ1v) is 29.7. The van der Waals surface area contributed by atoms with Gasteiger partial charge in [-0.2, -0.15) is 0 Å². The average molecular weight is 1250 g/mol. The summed E-state index contributed by atoms with van der Waals surface area (Å²) in [5.74, 6) is 0. The smallest absolute Gasteiger partial charge is 0.414 e. The van der Waals surface area contributed by atoms with E-state index in [4.69, 9.17) is 20.7 Å². The largest absolute Gasteiger partial charge is 0.432 e. The first kappa shape index (κ1) is 60.6. The van der Waals surface area contributed by atoms with E-state index in [2.05, 4.69) is 134 Å². The second-order valence-corrected chi connectivity index (χ2v) is 21.3. The highest BCUT2D eigenvalue weighted by molar-refractivity contribution is 9.10. The van der Waals surface area contributed by atoms with E-state index in [0.29, 0.717) is 0 Å². The Hall–Kier alpha value is -9.97. The number of benzene rings is 12. The number of para-hydroxylation sites is 2. The zero-order valence-corrected chi connectivity index (χ0v) is 50.7. The topological polar surface area (TPSA) is 98.6 Å². The highest BCUT2D eigenvalue weighted by Crippen LogP contribution is 2.31. The number of nitrogen functional groups attached to an aromatic ring is 1. The van der Waals surface area contributed by atoms with E-state index in [1.54, 1.807) is 6.82 Å². The summed E-state index contributed by atoms with van der Waals surface area (Å²) < 4.78 is 2.06. The number of halogens is 2. The molecule has 0 saturated heterocycles. The molecule has 0 spiro atoms. The van der Waals surface area contributed by atoms with Crippen molar-refractivity contribution in [3.05, 3.63) is 382 Å². The molecular weight excluding hydrogens is 1180 g/mol. The van der Waals surface area contributed by atoms with Gasteiger partial charge < -0.3 is 20.9 Å². The molecule has 0 aliphatic heterocycles. The summed E-state index contributed by atoms with van der Waals surface area (Å²) in [7, 11) is -0.667. The van der Waals surface area contributed by atoms with Crippen molar-refractivity contribution in [1.82, 2.24) is 0 Å². The molecule has 10 heteroatoms. The van der Waals surface area contributed by atoms with Crippen LogP contribution in [0, 0.1) is 0 Å². The molecule has 0 amide bonds. The van der Waals surface area contributed by atoms with E-state index in [0.717, 1.165) is 105 Å². The summed E-state index contributed by atoms with van der Waals surface area (Å²) in [4.78, 5) is 16.6. The van der Waals surface area contributed by atoms with Crippen LogP contribution in [0.2, 0.25) is 6.82 Å². The standard InChI is InChI=1S/C26H22BBrN2O.C25H20N2.C19H14BrN.C6H7N/c1-27(31)30(24-16-12-22(28)13-17-24)25-18-14-23(15-19-25)29-26(20-8-4-2-5-9-20)21-10-6-3-7-11-21;1-4-10-20(11-5-1)25(21-12-6-2-7-13-21)27-24-18-16-23(17-19-24)26-22-14-8-3-9-15-22;20-17-11-13-18(14-12-17)21-19(15-7-3-1-4-8-15)16-9-5-2-6-10-16;7-6-4-2-1-3-5-6/h2-19,31H,1H3;1-19,26H;1-14H;1-5H,7H2. The third-order valence-corrected chi connectivity index (χ3v) is 14.2. The summed E-state index contributed by atoms with van der Waals surface area (Å²) in [6.45, 7) is 1.76. The van der Waals surface area contributed by atoms with Crippen molar-refractivity contribution in [3.63, 3.8) is 0 Å². The molecule has 0 atom stereocenters. The Kier molecular flexibility index (Phi) is 22.7. The molecule has 0 aliphatic rings. The van der Waals surface area contributed by atoms with Crippen LogP contribution >= 0.6 is 31.9 Å². The molecule has 0 saturated carbocycles. The number of nitrogens with one attached hydrogen (secondary N) is 1. The lowest BCUT2D eigenvalue weighted by Crippen LogP contribution is -2.32. The predicted octanol–water partition coefficient (Wildman–Crippen LogP) is 20.4. The van der Waals surface area contributed by atoms with Crippen LogP contribution in [0.15, 0.2) is 364 Å². The lowest BCUT2D eigenvalue weighted by atomic mass is 9.83. The van der Waals surface area contributed by atoms with Gasteiger partial charge >= 0.3 is 7.05 Å². The van der Waals surface area contributed by atoms with Crippen LogP contribution in [0.1, 0.15) is 33.4 Å². The summed E-state index contributed by atoms with van der Waals surface area (Å²) in [5.41, 5.74) is 22.3. The van der Waals surface area contributed by atoms with E-state index < -0.39 is 7.05 Å². The Morgan fingerprint density at radius 1 is 0.326 bits per heavy atom. The van der Waals surface area contributed by atoms with Crippen molar-refractivity contribution in [2.24, 2.45) is 15.0 Å². The Morgan fingerprint density at radius 2 is 0.558 bits per heavy atom. The Morgan fingerprint density at radius 3 is 0.837 bits per heavy atom. The third kappa shape index (κ3) is 18.5. The maximum Gasteiger partial charge on any atom is 0.414 e. The third-order valence-electron chi connectivity index (χ3n) is 13.2. The first-order valence-electron chi connectivity index (χ1n) is 28.1. The van der Waals surface area contributed by atoms with Crippen LogP contribution in [-0.2, 0) is 0 Å². The summed E-state index contributed by atoms with van der Waals surface area (Å²) in [6.07, 6.45) is 0. The molecule has 0 fully saturated rings. The van der Waals surface area contributed by atoms with Gasteiger partial charge in [-0.15, -0.1) is 0 Å². The normalized spacial score (nSPS) is 10.1. The number of aliphatic imine (C=N–C) groups is 3. The molecule has 0 heterocycles. The fourth-order valence-electron chi connectivity index (χ4n) is 9.00. The lowest BCUT2D eigenvalue weighted by Gasteiger charge is -2.26. The molecular formula is C76H63BBr2N6O. The van der Waals surface area contributed by atoms with Crippen molar-refractivity contribution in [3.8, 4) is 0 Å². The van der Waals surface area contributed by atoms with Crippen molar-refractivity contribution in [1.29, 1.82) is 0 Å². The van der Waals surface area contributed by atoms with Crippen molar-refractivity contribution in [2.75, 3.05) is 15.9 Å². The van der Waals surface area contributed by atoms with Crippen LogP contribution in [0.5, 0.6) is 0 Å². The minimum Gasteiger partial charge on any atom is -0.432 e. The molecule has 0 radical (unpaired) electrons. The van der Waals surface area contributed by atoms with Gasteiger partial charge in [-0.3, -0.25) is 0 Å². The average Bonchev–Trinajstić information content (AvgIpc) is 3.08. The highest BCUT2D eigenvalue weighted by atomic mass is 79.9. The maximum atomic E-state index is 10.4. The van der Waals surface area contributed by atoms with Gasteiger partial charge in [0, 0.05) is 70.8 Å². The number of hydrogen-bond donors (Lipinski definition) is 3. The Labute approximate surface area is 522 Å². The molecule has 0 unspecified atom stereocenters. The SMILES string of the molecule is Brc1ccc(N=C(c2ccccc2)c2ccccc2)cc1.CB(O)N(c1ccc(Br)cc1)c1ccc(N=C(c2ccccc2)c2ccccc2)cc1.Nc1ccccc1.c1ccc(Nc2ccc(N=C(c3ccccc3)c3ccccc3)cc2)cc1. The van der Waals surface area contributed by atoms with Crippen molar-refractivity contribution >= 4 is 102 Å². The number of hydrogen-bond acceptors (Lipinski definition) is 7. The highest BCUT2D eigenvalue weighted by Gasteiger charge is 2.19. The van der Waals surface area contributed by atoms with Gasteiger partial charge in [0.25, 0.3) is 0 Å². The molecule has 4 N–H and O–H groups in total. The van der Waals surface area contributed by atoms with E-state index in [-0.39, 0.29) is 0 Å². The summed E-state index contributed by atoms with van der Waals surface area (Å²) >= 11 is 6.92. The van der Waals surface area contributed by atoms with Gasteiger partial charge in [-0.1, -0.05) is 250 Å². The zero-order valence-electron chi connectivity index (χ0n) is 47.5. The Bertz CT molecular complexity index is 3880. The quantitative estimate of drug-likeness (QED) is 0.0574. The van der Waals surface area contributed by atoms with E-state index in [9.17, 15) is 5.02 Å². The molecule has 420 valence electrons. The fraction of sp³-hybridized carbons (Fsp3) is 0.0132.